The van der Waals surface area contributed by atoms with E-state index in [2.05, 4.69) is 11.3 Å². The van der Waals surface area contributed by atoms with E-state index in [1.54, 1.807) is 6.92 Å². The Morgan fingerprint density at radius 1 is 2.00 bits per heavy atom. The van der Waals surface area contributed by atoms with Gasteiger partial charge in [-0.2, -0.15) is 0 Å². The van der Waals surface area contributed by atoms with Crippen molar-refractivity contribution in [3.05, 3.63) is 12.7 Å². The van der Waals surface area contributed by atoms with Crippen LogP contribution in [0.15, 0.2) is 12.7 Å². The van der Waals surface area contributed by atoms with E-state index in [4.69, 9.17) is 5.73 Å². The van der Waals surface area contributed by atoms with Gasteiger partial charge in [-0.15, -0.1) is 0 Å². The summed E-state index contributed by atoms with van der Waals surface area (Å²) in [5.41, 5.74) is 5.16. The summed E-state index contributed by atoms with van der Waals surface area (Å²) in [6.07, 6.45) is 0.905. The average molecular weight is 129 g/mol. The fourth-order valence-electron chi connectivity index (χ4n) is 0.295. The number of nitrogens with two attached hydrogens (primary N) is 1. The van der Waals surface area contributed by atoms with Crippen molar-refractivity contribution < 1.29 is 9.53 Å². The highest BCUT2D eigenvalue weighted by atomic mass is 16.5. The Kier molecular flexibility index (Phi) is 3.71. The summed E-state index contributed by atoms with van der Waals surface area (Å²) in [5.74, 6) is -0.423. The first-order valence-corrected chi connectivity index (χ1v) is 2.73. The average Bonchev–Trinajstić information content (AvgIpc) is 1.87. The maximum atomic E-state index is 10.4. The second-order valence-electron chi connectivity index (χ2n) is 1.69. The van der Waals surface area contributed by atoms with Gasteiger partial charge in [0.2, 0.25) is 0 Å². The van der Waals surface area contributed by atoms with Crippen LogP contribution in [0.3, 0.4) is 0 Å². The second kappa shape index (κ2) is 4.09. The van der Waals surface area contributed by atoms with Crippen molar-refractivity contribution in [2.45, 2.75) is 13.0 Å². The predicted octanol–water partition coefficient (Wildman–Crippen LogP) is 0.0628. The molecule has 0 amide bonds. The first kappa shape index (κ1) is 8.17. The summed E-state index contributed by atoms with van der Waals surface area (Å²) in [6.45, 7) is 5.30. The molecule has 0 saturated carbocycles. The minimum absolute atomic E-state index is 0.213. The zero-order valence-electron chi connectivity index (χ0n) is 5.46. The maximum Gasteiger partial charge on any atom is 0.330 e. The third-order valence-corrected chi connectivity index (χ3v) is 0.816. The van der Waals surface area contributed by atoms with Crippen LogP contribution < -0.4 is 5.73 Å². The van der Waals surface area contributed by atoms with Crippen molar-refractivity contribution >= 4 is 5.97 Å². The van der Waals surface area contributed by atoms with Gasteiger partial charge < -0.3 is 10.5 Å². The summed E-state index contributed by atoms with van der Waals surface area (Å²) in [6, 6.07) is 0. The van der Waals surface area contributed by atoms with Crippen LogP contribution in [-0.4, -0.2) is 18.6 Å². The molecule has 0 aliphatic carbocycles. The molecule has 1 atom stereocenters. The van der Waals surface area contributed by atoms with E-state index < -0.39 is 5.97 Å². The lowest BCUT2D eigenvalue weighted by Crippen LogP contribution is -2.22. The van der Waals surface area contributed by atoms with E-state index in [1.165, 1.54) is 0 Å². The van der Waals surface area contributed by atoms with Crippen LogP contribution in [0.5, 0.6) is 0 Å². The second-order valence-corrected chi connectivity index (χ2v) is 1.69. The van der Waals surface area contributed by atoms with Crippen molar-refractivity contribution in [1.29, 1.82) is 0 Å². The summed E-state index contributed by atoms with van der Waals surface area (Å²) in [4.78, 5) is 10.4. The molecule has 1 unspecified atom stereocenters. The molecule has 0 aliphatic heterocycles. The molecule has 52 valence electrons. The molecule has 2 N–H and O–H groups in total. The zero-order valence-corrected chi connectivity index (χ0v) is 5.46. The number of rotatable bonds is 3. The monoisotopic (exact) mass is 129 g/mol. The van der Waals surface area contributed by atoms with E-state index in [1.807, 2.05) is 0 Å². The Morgan fingerprint density at radius 3 is 2.89 bits per heavy atom. The molecule has 0 fully saturated rings. The Bertz CT molecular complexity index is 112. The maximum absolute atomic E-state index is 10.4. The van der Waals surface area contributed by atoms with Crippen molar-refractivity contribution in [2.75, 3.05) is 6.54 Å². The molecule has 0 aliphatic rings. The van der Waals surface area contributed by atoms with Crippen LogP contribution in [-0.2, 0) is 9.53 Å². The standard InChI is InChI=1S/C6H11NO2/c1-3-6(8)9-5(2)4-7/h3,5H,1,4,7H2,2H3. The van der Waals surface area contributed by atoms with E-state index >= 15 is 0 Å². The van der Waals surface area contributed by atoms with Crippen LogP contribution in [0.2, 0.25) is 0 Å². The van der Waals surface area contributed by atoms with Gasteiger partial charge in [0.25, 0.3) is 0 Å². The molecule has 0 rings (SSSR count). The number of hydrogen-bond donors (Lipinski definition) is 1. The SMILES string of the molecule is C=CC(=O)OC(C)CN. The summed E-state index contributed by atoms with van der Waals surface area (Å²) in [5, 5.41) is 0. The molecule has 0 saturated heterocycles. The lowest BCUT2D eigenvalue weighted by Gasteiger charge is -2.06. The van der Waals surface area contributed by atoms with Crippen molar-refractivity contribution in [3.8, 4) is 0 Å². The molecule has 0 aromatic rings. The van der Waals surface area contributed by atoms with Gasteiger partial charge in [0.1, 0.15) is 6.10 Å². The lowest BCUT2D eigenvalue weighted by molar-refractivity contribution is -0.141. The number of carbonyl (C=O) groups excluding carboxylic acids is 1. The van der Waals surface area contributed by atoms with Gasteiger partial charge in [-0.25, -0.2) is 4.79 Å². The Labute approximate surface area is 54.5 Å². The number of hydrogen-bond acceptors (Lipinski definition) is 3. The van der Waals surface area contributed by atoms with Crippen LogP contribution >= 0.6 is 0 Å². The topological polar surface area (TPSA) is 52.3 Å². The van der Waals surface area contributed by atoms with Gasteiger partial charge in [-0.05, 0) is 6.92 Å². The highest BCUT2D eigenvalue weighted by Crippen LogP contribution is 1.87. The molecule has 0 spiro atoms. The quantitative estimate of drug-likeness (QED) is 0.433. The number of carbonyl (C=O) groups is 1. The van der Waals surface area contributed by atoms with E-state index in [0.717, 1.165) is 6.08 Å². The van der Waals surface area contributed by atoms with E-state index in [0.29, 0.717) is 6.54 Å². The van der Waals surface area contributed by atoms with Gasteiger partial charge in [0.15, 0.2) is 0 Å². The lowest BCUT2D eigenvalue weighted by atomic mass is 10.4. The third-order valence-electron chi connectivity index (χ3n) is 0.816. The number of ether oxygens (including phenoxy) is 1. The largest absolute Gasteiger partial charge is 0.458 e. The zero-order chi connectivity index (χ0) is 7.28. The van der Waals surface area contributed by atoms with Crippen molar-refractivity contribution in [3.63, 3.8) is 0 Å². The first-order valence-electron chi connectivity index (χ1n) is 2.73. The molecule has 9 heavy (non-hydrogen) atoms. The van der Waals surface area contributed by atoms with Gasteiger partial charge in [0, 0.05) is 12.6 Å². The minimum atomic E-state index is -0.423. The highest BCUT2D eigenvalue weighted by molar-refractivity contribution is 5.81. The Morgan fingerprint density at radius 2 is 2.56 bits per heavy atom. The summed E-state index contributed by atoms with van der Waals surface area (Å²) >= 11 is 0. The summed E-state index contributed by atoms with van der Waals surface area (Å²) in [7, 11) is 0. The molecule has 0 aromatic carbocycles. The van der Waals surface area contributed by atoms with Gasteiger partial charge in [-0.1, -0.05) is 6.58 Å². The summed E-state index contributed by atoms with van der Waals surface area (Å²) < 4.78 is 4.67. The molecule has 0 heterocycles. The van der Waals surface area contributed by atoms with E-state index in [9.17, 15) is 4.79 Å². The fraction of sp³-hybridized carbons (Fsp3) is 0.500. The molecule has 0 radical (unpaired) electrons. The van der Waals surface area contributed by atoms with Crippen LogP contribution in [0.1, 0.15) is 6.92 Å². The molecular weight excluding hydrogens is 118 g/mol. The highest BCUT2D eigenvalue weighted by Gasteiger charge is 2.01. The van der Waals surface area contributed by atoms with Crippen molar-refractivity contribution in [1.82, 2.24) is 0 Å². The third kappa shape index (κ3) is 3.73. The normalized spacial score (nSPS) is 12.2. The molecule has 3 heteroatoms. The fourth-order valence-corrected chi connectivity index (χ4v) is 0.295. The van der Waals surface area contributed by atoms with Gasteiger partial charge >= 0.3 is 5.97 Å². The first-order chi connectivity index (χ1) is 4.20. The molecule has 0 bridgehead atoms. The molecule has 3 nitrogen and oxygen atoms in total. The number of esters is 1. The van der Waals surface area contributed by atoms with Crippen LogP contribution in [0.25, 0.3) is 0 Å². The Hall–Kier alpha value is -0.830. The van der Waals surface area contributed by atoms with Gasteiger partial charge in [0.05, 0.1) is 0 Å². The van der Waals surface area contributed by atoms with Crippen molar-refractivity contribution in [2.24, 2.45) is 5.73 Å². The smallest absolute Gasteiger partial charge is 0.330 e. The molecular formula is C6H11NO2. The van der Waals surface area contributed by atoms with Crippen LogP contribution in [0, 0.1) is 0 Å². The molecule has 0 aromatic heterocycles. The Balaban J connectivity index is 3.46. The van der Waals surface area contributed by atoms with Gasteiger partial charge in [-0.3, -0.25) is 0 Å². The van der Waals surface area contributed by atoms with Crippen LogP contribution in [0.4, 0.5) is 0 Å². The minimum Gasteiger partial charge on any atom is -0.458 e. The van der Waals surface area contributed by atoms with E-state index in [-0.39, 0.29) is 6.10 Å². The predicted molar refractivity (Wildman–Crippen MR) is 34.8 cm³/mol.